The van der Waals surface area contributed by atoms with E-state index in [9.17, 15) is 0 Å². The highest BCUT2D eigenvalue weighted by Gasteiger charge is 2.25. The van der Waals surface area contributed by atoms with Gasteiger partial charge in [0.05, 0.1) is 11.4 Å². The van der Waals surface area contributed by atoms with Crippen molar-refractivity contribution in [2.24, 2.45) is 0 Å². The predicted molar refractivity (Wildman–Crippen MR) is 208 cm³/mol. The van der Waals surface area contributed by atoms with Crippen molar-refractivity contribution in [1.29, 1.82) is 0 Å². The Balaban J connectivity index is 1.54. The van der Waals surface area contributed by atoms with Crippen LogP contribution in [0.1, 0.15) is 37.5 Å². The molecule has 0 atom stereocenters. The summed E-state index contributed by atoms with van der Waals surface area (Å²) in [5.41, 5.74) is 10.8. The third kappa shape index (κ3) is 4.96. The summed E-state index contributed by atoms with van der Waals surface area (Å²) in [6, 6.07) is 55.6. The Bertz CT molecular complexity index is 2240. The molecule has 0 saturated heterocycles. The van der Waals surface area contributed by atoms with Gasteiger partial charge in [0.2, 0.25) is 0 Å². The first-order valence-electron chi connectivity index (χ1n) is 16.9. The molecular formula is C46H40N2. The molecule has 0 aromatic heterocycles. The molecule has 0 heterocycles. The van der Waals surface area contributed by atoms with Gasteiger partial charge in [0.25, 0.3) is 0 Å². The van der Waals surface area contributed by atoms with E-state index in [0.29, 0.717) is 0 Å². The fourth-order valence-corrected chi connectivity index (χ4v) is 7.30. The largest absolute Gasteiger partial charge is 0.310 e. The van der Waals surface area contributed by atoms with Crippen molar-refractivity contribution in [3.8, 4) is 0 Å². The van der Waals surface area contributed by atoms with E-state index in [-0.39, 0.29) is 5.41 Å². The molecule has 8 aromatic carbocycles. The van der Waals surface area contributed by atoms with Crippen LogP contribution in [0.2, 0.25) is 0 Å². The van der Waals surface area contributed by atoms with E-state index in [1.807, 2.05) is 0 Å². The molecule has 48 heavy (non-hydrogen) atoms. The maximum absolute atomic E-state index is 2.45. The summed E-state index contributed by atoms with van der Waals surface area (Å²) in [6.07, 6.45) is 0. The number of para-hydroxylation sites is 4. The number of rotatable bonds is 6. The van der Waals surface area contributed by atoms with E-state index in [1.54, 1.807) is 0 Å². The van der Waals surface area contributed by atoms with Crippen molar-refractivity contribution in [3.63, 3.8) is 0 Å². The van der Waals surface area contributed by atoms with Gasteiger partial charge in [0.1, 0.15) is 0 Å². The highest BCUT2D eigenvalue weighted by atomic mass is 15.2. The van der Waals surface area contributed by atoms with Crippen LogP contribution in [0.25, 0.3) is 32.3 Å². The third-order valence-electron chi connectivity index (χ3n) is 9.74. The van der Waals surface area contributed by atoms with Crippen molar-refractivity contribution in [2.45, 2.75) is 40.0 Å². The van der Waals surface area contributed by atoms with Crippen molar-refractivity contribution in [3.05, 3.63) is 168 Å². The lowest BCUT2D eigenvalue weighted by Gasteiger charge is -2.32. The van der Waals surface area contributed by atoms with Crippen LogP contribution in [0, 0.1) is 13.8 Å². The summed E-state index contributed by atoms with van der Waals surface area (Å²) in [5, 5.41) is 7.61. The molecule has 0 aliphatic heterocycles. The van der Waals surface area contributed by atoms with Gasteiger partial charge in [-0.25, -0.2) is 0 Å². The normalized spacial score (nSPS) is 11.9. The molecule has 0 unspecified atom stereocenters. The van der Waals surface area contributed by atoms with Crippen LogP contribution in [-0.2, 0) is 5.41 Å². The van der Waals surface area contributed by atoms with E-state index in [1.165, 1.54) is 71.8 Å². The van der Waals surface area contributed by atoms with Gasteiger partial charge in [0, 0.05) is 38.9 Å². The number of hydrogen-bond acceptors (Lipinski definition) is 2. The standard InChI is InChI=1S/C46H40N2/c1-31-17-12-14-25-40(31)47(36-19-8-6-9-20-36)42-29-33-27-35(46(3,4)5)28-34-30-43(39-24-16-23-38(42)45(39)44(33)34)48(37-21-10-7-11-22-37)41-26-15-13-18-32(41)2/h6-30H,1-5H3. The predicted octanol–water partition coefficient (Wildman–Crippen LogP) is 13.4. The van der Waals surface area contributed by atoms with Gasteiger partial charge in [-0.3, -0.25) is 0 Å². The fourth-order valence-electron chi connectivity index (χ4n) is 7.30. The Morgan fingerprint density at radius 1 is 0.396 bits per heavy atom. The van der Waals surface area contributed by atoms with Gasteiger partial charge in [-0.05, 0) is 101 Å². The summed E-state index contributed by atoms with van der Waals surface area (Å²) in [4.78, 5) is 4.90. The molecule has 234 valence electrons. The number of aryl methyl sites for hydroxylation is 2. The molecule has 0 amide bonds. The fraction of sp³-hybridized carbons (Fsp3) is 0.130. The van der Waals surface area contributed by atoms with Crippen LogP contribution < -0.4 is 9.80 Å². The zero-order valence-corrected chi connectivity index (χ0v) is 28.3. The van der Waals surface area contributed by atoms with E-state index < -0.39 is 0 Å². The second kappa shape index (κ2) is 11.6. The number of anilines is 6. The van der Waals surface area contributed by atoms with Crippen LogP contribution in [0.4, 0.5) is 34.1 Å². The van der Waals surface area contributed by atoms with Crippen LogP contribution in [0.5, 0.6) is 0 Å². The molecule has 0 N–H and O–H groups in total. The number of benzene rings is 8. The Labute approximate surface area is 283 Å². The molecule has 0 aliphatic rings. The molecule has 0 bridgehead atoms. The van der Waals surface area contributed by atoms with Crippen LogP contribution in [0.3, 0.4) is 0 Å². The average Bonchev–Trinajstić information content (AvgIpc) is 3.10. The monoisotopic (exact) mass is 620 g/mol. The van der Waals surface area contributed by atoms with Crippen molar-refractivity contribution in [2.75, 3.05) is 9.80 Å². The van der Waals surface area contributed by atoms with E-state index in [2.05, 4.69) is 196 Å². The molecule has 2 heteroatoms. The lowest BCUT2D eigenvalue weighted by molar-refractivity contribution is 0.591. The molecule has 2 nitrogen and oxygen atoms in total. The topological polar surface area (TPSA) is 6.48 Å². The summed E-state index contributed by atoms with van der Waals surface area (Å²) in [6.45, 7) is 11.4. The second-order valence-electron chi connectivity index (χ2n) is 14.0. The summed E-state index contributed by atoms with van der Waals surface area (Å²) < 4.78 is 0. The SMILES string of the molecule is Cc1ccccc1N(c1ccccc1)c1cc2cc(C(C)(C)C)cc3cc(N(c4ccccc4)c4ccccc4C)c4cccc1c4c23. The maximum atomic E-state index is 2.45. The smallest absolute Gasteiger partial charge is 0.0546 e. The Hall–Kier alpha value is -5.60. The van der Waals surface area contributed by atoms with Gasteiger partial charge in [0.15, 0.2) is 0 Å². The molecule has 0 spiro atoms. The molecule has 8 aromatic rings. The molecule has 8 rings (SSSR count). The minimum Gasteiger partial charge on any atom is -0.310 e. The Morgan fingerprint density at radius 3 is 1.23 bits per heavy atom. The van der Waals surface area contributed by atoms with Gasteiger partial charge >= 0.3 is 0 Å². The minimum atomic E-state index is -0.0188. The molecule has 0 saturated carbocycles. The Kier molecular flexibility index (Phi) is 7.18. The van der Waals surface area contributed by atoms with Crippen LogP contribution in [0.15, 0.2) is 152 Å². The highest BCUT2D eigenvalue weighted by Crippen LogP contribution is 2.50. The summed E-state index contributed by atoms with van der Waals surface area (Å²) >= 11 is 0. The summed E-state index contributed by atoms with van der Waals surface area (Å²) in [7, 11) is 0. The molecule has 0 fully saturated rings. The van der Waals surface area contributed by atoms with Gasteiger partial charge in [-0.15, -0.1) is 0 Å². The first kappa shape index (κ1) is 29.8. The highest BCUT2D eigenvalue weighted by molar-refractivity contribution is 6.30. The van der Waals surface area contributed by atoms with Crippen molar-refractivity contribution < 1.29 is 0 Å². The van der Waals surface area contributed by atoms with Crippen LogP contribution >= 0.6 is 0 Å². The molecular weight excluding hydrogens is 581 g/mol. The van der Waals surface area contributed by atoms with E-state index in [0.717, 1.165) is 11.4 Å². The maximum Gasteiger partial charge on any atom is 0.0546 e. The van der Waals surface area contributed by atoms with E-state index in [4.69, 9.17) is 0 Å². The molecule has 0 radical (unpaired) electrons. The average molecular weight is 621 g/mol. The molecule has 0 aliphatic carbocycles. The second-order valence-corrected chi connectivity index (χ2v) is 14.0. The van der Waals surface area contributed by atoms with Gasteiger partial charge in [-0.1, -0.05) is 124 Å². The zero-order valence-electron chi connectivity index (χ0n) is 28.3. The van der Waals surface area contributed by atoms with Crippen LogP contribution in [-0.4, -0.2) is 0 Å². The lowest BCUT2D eigenvalue weighted by atomic mass is 9.82. The van der Waals surface area contributed by atoms with Gasteiger partial charge in [-0.2, -0.15) is 0 Å². The minimum absolute atomic E-state index is 0.0188. The quantitative estimate of drug-likeness (QED) is 0.171. The first-order valence-corrected chi connectivity index (χ1v) is 16.9. The Morgan fingerprint density at radius 2 is 0.812 bits per heavy atom. The number of hydrogen-bond donors (Lipinski definition) is 0. The zero-order chi connectivity index (χ0) is 33.0. The van der Waals surface area contributed by atoms with Crippen molar-refractivity contribution >= 4 is 66.4 Å². The number of nitrogens with zero attached hydrogens (tertiary/aromatic N) is 2. The van der Waals surface area contributed by atoms with E-state index >= 15 is 0 Å². The summed E-state index contributed by atoms with van der Waals surface area (Å²) in [5.74, 6) is 0. The third-order valence-corrected chi connectivity index (χ3v) is 9.74. The first-order chi connectivity index (χ1) is 23.3. The van der Waals surface area contributed by atoms with Crippen molar-refractivity contribution in [1.82, 2.24) is 0 Å². The van der Waals surface area contributed by atoms with Gasteiger partial charge < -0.3 is 9.80 Å². The lowest BCUT2D eigenvalue weighted by Crippen LogP contribution is -2.14.